The Morgan fingerprint density at radius 3 is 2.65 bits per heavy atom. The van der Waals surface area contributed by atoms with Crippen molar-refractivity contribution in [1.82, 2.24) is 14.9 Å². The van der Waals surface area contributed by atoms with Crippen molar-refractivity contribution in [3.8, 4) is 0 Å². The maximum atomic E-state index is 12.3. The number of urea groups is 1. The van der Waals surface area contributed by atoms with Crippen molar-refractivity contribution in [2.24, 2.45) is 0 Å². The molecular formula is C15H21N5OS2. The van der Waals surface area contributed by atoms with Crippen molar-refractivity contribution in [3.05, 3.63) is 22.1 Å². The van der Waals surface area contributed by atoms with Crippen LogP contribution in [0.2, 0.25) is 0 Å². The summed E-state index contributed by atoms with van der Waals surface area (Å²) >= 11 is 3.16. The van der Waals surface area contributed by atoms with Crippen molar-refractivity contribution in [1.29, 1.82) is 0 Å². The van der Waals surface area contributed by atoms with Crippen molar-refractivity contribution in [2.75, 3.05) is 36.4 Å². The number of hydrogen-bond donors (Lipinski definition) is 1. The Balaban J connectivity index is 1.51. The maximum absolute atomic E-state index is 12.3. The first-order chi connectivity index (χ1) is 11.2. The Hall–Kier alpha value is -1.67. The molecular weight excluding hydrogens is 330 g/mol. The molecule has 0 aliphatic carbocycles. The van der Waals surface area contributed by atoms with Gasteiger partial charge in [0.2, 0.25) is 0 Å². The quantitative estimate of drug-likeness (QED) is 0.919. The van der Waals surface area contributed by atoms with Crippen LogP contribution in [0.1, 0.15) is 24.7 Å². The molecule has 0 radical (unpaired) electrons. The van der Waals surface area contributed by atoms with Crippen molar-refractivity contribution in [3.63, 3.8) is 0 Å². The van der Waals surface area contributed by atoms with E-state index in [1.54, 1.807) is 11.3 Å². The molecule has 1 fully saturated rings. The number of amides is 2. The lowest BCUT2D eigenvalue weighted by Gasteiger charge is -2.34. The van der Waals surface area contributed by atoms with Gasteiger partial charge in [0.1, 0.15) is 0 Å². The lowest BCUT2D eigenvalue weighted by Crippen LogP contribution is -2.50. The topological polar surface area (TPSA) is 61.4 Å². The zero-order valence-electron chi connectivity index (χ0n) is 13.4. The van der Waals surface area contributed by atoms with Crippen LogP contribution in [0.3, 0.4) is 0 Å². The summed E-state index contributed by atoms with van der Waals surface area (Å²) in [4.78, 5) is 25.4. The van der Waals surface area contributed by atoms with Gasteiger partial charge in [-0.2, -0.15) is 0 Å². The zero-order chi connectivity index (χ0) is 16.2. The fourth-order valence-corrected chi connectivity index (χ4v) is 4.08. The van der Waals surface area contributed by atoms with E-state index >= 15 is 0 Å². The average molecular weight is 352 g/mol. The monoisotopic (exact) mass is 351 g/mol. The summed E-state index contributed by atoms with van der Waals surface area (Å²) in [5, 5.41) is 8.73. The Bertz CT molecular complexity index is 660. The largest absolute Gasteiger partial charge is 0.345 e. The molecule has 23 heavy (non-hydrogen) atoms. The molecule has 3 rings (SSSR count). The molecule has 1 saturated heterocycles. The van der Waals surface area contributed by atoms with Crippen LogP contribution in [0.25, 0.3) is 0 Å². The Kier molecular flexibility index (Phi) is 5.12. The van der Waals surface area contributed by atoms with Gasteiger partial charge >= 0.3 is 6.03 Å². The second-order valence-corrected chi connectivity index (χ2v) is 7.26. The predicted octanol–water partition coefficient (Wildman–Crippen LogP) is 3.21. The number of aryl methyl sites for hydroxylation is 2. The van der Waals surface area contributed by atoms with Gasteiger partial charge in [0.25, 0.3) is 0 Å². The number of thiazole rings is 2. The van der Waals surface area contributed by atoms with Gasteiger partial charge in [-0.05, 0) is 13.3 Å². The highest BCUT2D eigenvalue weighted by Gasteiger charge is 2.23. The number of carbonyl (C=O) groups excluding carboxylic acids is 1. The molecule has 1 aliphatic heterocycles. The van der Waals surface area contributed by atoms with E-state index < -0.39 is 0 Å². The van der Waals surface area contributed by atoms with E-state index in [9.17, 15) is 4.79 Å². The Morgan fingerprint density at radius 2 is 2.00 bits per heavy atom. The molecule has 2 aromatic heterocycles. The third-order valence-corrected chi connectivity index (χ3v) is 5.54. The van der Waals surface area contributed by atoms with Gasteiger partial charge < -0.3 is 9.80 Å². The van der Waals surface area contributed by atoms with Crippen molar-refractivity contribution < 1.29 is 4.79 Å². The second kappa shape index (κ2) is 7.27. The molecule has 0 unspecified atom stereocenters. The minimum atomic E-state index is -0.0580. The smallest absolute Gasteiger partial charge is 0.323 e. The van der Waals surface area contributed by atoms with Crippen molar-refractivity contribution >= 4 is 39.0 Å². The third kappa shape index (κ3) is 4.00. The van der Waals surface area contributed by atoms with E-state index in [1.807, 2.05) is 17.2 Å². The summed E-state index contributed by atoms with van der Waals surface area (Å²) in [5.74, 6) is 0. The van der Waals surface area contributed by atoms with Crippen LogP contribution in [0, 0.1) is 6.92 Å². The van der Waals surface area contributed by atoms with Crippen LogP contribution in [0.4, 0.5) is 15.1 Å². The van der Waals surface area contributed by atoms with Gasteiger partial charge in [-0.15, -0.1) is 22.7 Å². The lowest BCUT2D eigenvalue weighted by molar-refractivity contribution is 0.208. The number of nitrogens with zero attached hydrogens (tertiary/aromatic N) is 4. The maximum Gasteiger partial charge on any atom is 0.323 e. The third-order valence-electron chi connectivity index (χ3n) is 3.72. The molecule has 6 nitrogen and oxygen atoms in total. The van der Waals surface area contributed by atoms with E-state index in [0.29, 0.717) is 18.2 Å². The van der Waals surface area contributed by atoms with E-state index in [2.05, 4.69) is 32.5 Å². The summed E-state index contributed by atoms with van der Waals surface area (Å²) in [7, 11) is 0. The summed E-state index contributed by atoms with van der Waals surface area (Å²) < 4.78 is 0. The summed E-state index contributed by atoms with van der Waals surface area (Å²) in [5.41, 5.74) is 2.11. The molecule has 3 heterocycles. The number of hydrogen-bond acceptors (Lipinski definition) is 6. The van der Waals surface area contributed by atoms with Crippen LogP contribution in [-0.2, 0) is 6.42 Å². The van der Waals surface area contributed by atoms with Gasteiger partial charge in [-0.3, -0.25) is 5.32 Å². The number of piperazine rings is 1. The first-order valence-corrected chi connectivity index (χ1v) is 9.59. The molecule has 8 heteroatoms. The molecule has 0 aromatic carbocycles. The van der Waals surface area contributed by atoms with Crippen LogP contribution >= 0.6 is 22.7 Å². The number of aromatic nitrogens is 2. The van der Waals surface area contributed by atoms with Crippen LogP contribution in [0.5, 0.6) is 0 Å². The van der Waals surface area contributed by atoms with Crippen LogP contribution in [0.15, 0.2) is 10.8 Å². The second-order valence-electron chi connectivity index (χ2n) is 5.57. The Morgan fingerprint density at radius 1 is 1.22 bits per heavy atom. The minimum absolute atomic E-state index is 0.0580. The SMILES string of the molecule is CCCc1csc(NC(=O)N2CCN(c3nc(C)cs3)CC2)n1. The number of carbonyl (C=O) groups is 1. The first kappa shape index (κ1) is 16.2. The highest BCUT2D eigenvalue weighted by atomic mass is 32.1. The molecule has 2 aromatic rings. The first-order valence-electron chi connectivity index (χ1n) is 7.83. The standard InChI is InChI=1S/C15H21N5OS2/c1-3-4-12-10-22-13(17-12)18-14(21)19-5-7-20(8-6-19)15-16-11(2)9-23-15/h9-10H,3-8H2,1-2H3,(H,17,18,21). The van der Waals surface area contributed by atoms with Gasteiger partial charge in [-0.1, -0.05) is 13.3 Å². The molecule has 0 atom stereocenters. The van der Waals surface area contributed by atoms with E-state index in [-0.39, 0.29) is 6.03 Å². The highest BCUT2D eigenvalue weighted by molar-refractivity contribution is 7.14. The summed E-state index contributed by atoms with van der Waals surface area (Å²) in [6.45, 7) is 7.18. The van der Waals surface area contributed by atoms with Crippen LogP contribution < -0.4 is 10.2 Å². The summed E-state index contributed by atoms with van der Waals surface area (Å²) in [6, 6.07) is -0.0580. The molecule has 0 saturated carbocycles. The fourth-order valence-electron chi connectivity index (χ4n) is 2.49. The van der Waals surface area contributed by atoms with Gasteiger partial charge in [0.15, 0.2) is 10.3 Å². The van der Waals surface area contributed by atoms with Crippen molar-refractivity contribution in [2.45, 2.75) is 26.7 Å². The van der Waals surface area contributed by atoms with E-state index in [0.717, 1.165) is 42.5 Å². The van der Waals surface area contributed by atoms with Crippen LogP contribution in [-0.4, -0.2) is 47.1 Å². The lowest BCUT2D eigenvalue weighted by atomic mass is 10.3. The molecule has 124 valence electrons. The Labute approximate surface area is 144 Å². The minimum Gasteiger partial charge on any atom is -0.345 e. The van der Waals surface area contributed by atoms with Gasteiger partial charge in [0.05, 0.1) is 11.4 Å². The molecule has 0 bridgehead atoms. The predicted molar refractivity (Wildman–Crippen MR) is 95.8 cm³/mol. The van der Waals surface area contributed by atoms with Gasteiger partial charge in [-0.25, -0.2) is 14.8 Å². The number of anilines is 2. The van der Waals surface area contributed by atoms with E-state index in [4.69, 9.17) is 0 Å². The molecule has 2 amide bonds. The molecule has 0 spiro atoms. The fraction of sp³-hybridized carbons (Fsp3) is 0.533. The average Bonchev–Trinajstić information content (AvgIpc) is 3.17. The molecule has 1 N–H and O–H groups in total. The highest BCUT2D eigenvalue weighted by Crippen LogP contribution is 2.22. The van der Waals surface area contributed by atoms with Gasteiger partial charge in [0, 0.05) is 36.9 Å². The number of nitrogens with one attached hydrogen (secondary N) is 1. The summed E-state index contributed by atoms with van der Waals surface area (Å²) in [6.07, 6.45) is 2.02. The zero-order valence-corrected chi connectivity index (χ0v) is 15.0. The molecule has 1 aliphatic rings. The normalized spacial score (nSPS) is 15.0. The van der Waals surface area contributed by atoms with E-state index in [1.165, 1.54) is 11.3 Å². The number of rotatable bonds is 4.